The Kier molecular flexibility index (Phi) is 5.27. The van der Waals surface area contributed by atoms with E-state index >= 15 is 0 Å². The Morgan fingerprint density at radius 1 is 0.920 bits per heavy atom. The fourth-order valence-electron chi connectivity index (χ4n) is 4.75. The van der Waals surface area contributed by atoms with Crippen molar-refractivity contribution in [1.29, 1.82) is 0 Å². The van der Waals surface area contributed by atoms with Crippen LogP contribution in [0, 0.1) is 0 Å². The molecule has 1 aromatic carbocycles. The van der Waals surface area contributed by atoms with Gasteiger partial charge in [0.05, 0.1) is 10.2 Å². The minimum Gasteiger partial charge on any atom is -0.261 e. The zero-order valence-corrected chi connectivity index (χ0v) is 16.2. The second kappa shape index (κ2) is 7.62. The highest BCUT2D eigenvalue weighted by molar-refractivity contribution is 7.74. The Labute approximate surface area is 155 Å². The van der Waals surface area contributed by atoms with Gasteiger partial charge in [-0.2, -0.15) is 0 Å². The molecule has 1 N–H and O–H groups in total. The van der Waals surface area contributed by atoms with Gasteiger partial charge in [-0.15, -0.1) is 0 Å². The minimum absolute atomic E-state index is 0.504. The summed E-state index contributed by atoms with van der Waals surface area (Å²) in [6, 6.07) is 4.48. The maximum atomic E-state index is 11.0. The van der Waals surface area contributed by atoms with Gasteiger partial charge in [0.1, 0.15) is 0 Å². The van der Waals surface area contributed by atoms with Crippen LogP contribution in [0.5, 0.6) is 0 Å². The smallest absolute Gasteiger partial charge is 0.224 e. The average Bonchev–Trinajstić information content (AvgIpc) is 3.04. The van der Waals surface area contributed by atoms with Gasteiger partial charge in [-0.1, -0.05) is 55.9 Å². The number of nitrogens with one attached hydrogen (secondary N) is 1. The molecule has 0 radical (unpaired) electrons. The average molecular weight is 379 g/mol. The first kappa shape index (κ1) is 17.3. The predicted octanol–water partition coefficient (Wildman–Crippen LogP) is 5.33. The highest BCUT2D eigenvalue weighted by Crippen LogP contribution is 2.45. The second-order valence-corrected chi connectivity index (χ2v) is 9.24. The zero-order chi connectivity index (χ0) is 17.2. The number of thiol groups is 1. The molecule has 2 aliphatic rings. The molecule has 6 heteroatoms. The molecular formula is C19H26N2O2S2. The van der Waals surface area contributed by atoms with E-state index in [0.29, 0.717) is 17.0 Å². The normalized spacial score (nSPS) is 20.4. The van der Waals surface area contributed by atoms with Crippen molar-refractivity contribution in [2.45, 2.75) is 76.0 Å². The minimum atomic E-state index is -2.66. The van der Waals surface area contributed by atoms with Crippen LogP contribution in [0.25, 0.3) is 10.2 Å². The van der Waals surface area contributed by atoms with Gasteiger partial charge in [0.25, 0.3) is 0 Å². The number of nitrogens with zero attached hydrogens (tertiary/aromatic N) is 1. The first-order valence-corrected chi connectivity index (χ1v) is 11.6. The molecule has 0 atom stereocenters. The summed E-state index contributed by atoms with van der Waals surface area (Å²) in [4.78, 5) is 4.71. The van der Waals surface area contributed by atoms with Crippen molar-refractivity contribution in [3.8, 4) is 0 Å². The third-order valence-corrected chi connectivity index (χ3v) is 7.36. The van der Waals surface area contributed by atoms with E-state index in [0.717, 1.165) is 10.2 Å². The number of hydrogen-bond donors (Lipinski definition) is 2. The quantitative estimate of drug-likeness (QED) is 0.707. The molecule has 2 aliphatic carbocycles. The molecule has 136 valence electrons. The van der Waals surface area contributed by atoms with E-state index in [1.54, 1.807) is 0 Å². The van der Waals surface area contributed by atoms with E-state index in [1.165, 1.54) is 86.7 Å². The zero-order valence-electron chi connectivity index (χ0n) is 14.5. The van der Waals surface area contributed by atoms with Crippen LogP contribution in [0.1, 0.15) is 87.2 Å². The molecule has 0 bridgehead atoms. The van der Waals surface area contributed by atoms with Crippen LogP contribution in [-0.4, -0.2) is 13.4 Å². The highest BCUT2D eigenvalue weighted by Gasteiger charge is 2.27. The van der Waals surface area contributed by atoms with Gasteiger partial charge in [-0.25, -0.2) is 13.4 Å². The van der Waals surface area contributed by atoms with E-state index in [2.05, 4.69) is 16.9 Å². The van der Waals surface area contributed by atoms with Gasteiger partial charge in [0.2, 0.25) is 10.9 Å². The van der Waals surface area contributed by atoms with Gasteiger partial charge >= 0.3 is 0 Å². The third-order valence-electron chi connectivity index (χ3n) is 5.88. The monoisotopic (exact) mass is 378 g/mol. The number of fused-ring (bicyclic) bond motifs is 1. The summed E-state index contributed by atoms with van der Waals surface area (Å²) in [5.74, 6) is 1.25. The molecule has 4 nitrogen and oxygen atoms in total. The van der Waals surface area contributed by atoms with Crippen molar-refractivity contribution < 1.29 is 8.42 Å². The summed E-state index contributed by atoms with van der Waals surface area (Å²) in [7, 11) is -2.66. The van der Waals surface area contributed by atoms with Crippen LogP contribution in [0.2, 0.25) is 0 Å². The van der Waals surface area contributed by atoms with Crippen molar-refractivity contribution >= 4 is 37.6 Å². The molecule has 1 aromatic heterocycles. The number of thiazole rings is 1. The number of hydrogen-bond acceptors (Lipinski definition) is 4. The predicted molar refractivity (Wildman–Crippen MR) is 105 cm³/mol. The van der Waals surface area contributed by atoms with Crippen LogP contribution in [0.3, 0.4) is 0 Å². The number of benzene rings is 1. The Morgan fingerprint density at radius 3 is 2.20 bits per heavy atom. The van der Waals surface area contributed by atoms with E-state index in [4.69, 9.17) is 4.98 Å². The summed E-state index contributed by atoms with van der Waals surface area (Å²) in [6.45, 7) is 0. The Balaban J connectivity index is 1.81. The van der Waals surface area contributed by atoms with E-state index in [-0.39, 0.29) is 0 Å². The molecule has 0 saturated heterocycles. The molecule has 4 rings (SSSR count). The topological polar surface area (TPSA) is 59.1 Å². The van der Waals surface area contributed by atoms with Crippen molar-refractivity contribution in [2.75, 3.05) is 4.72 Å². The maximum absolute atomic E-state index is 11.0. The standard InChI is InChI=1S/C19H26N2O2S2/c22-25(23)21-19-20-18-16(24-19)12-11-15(13-7-3-1-4-8-13)17(18)14-9-5-2-6-10-14/h11-14,25H,1-10H2,(H,20,21,22,23). The SMILES string of the molecule is O=[SH](=O)Nc1nc2c(C3CCCCC3)c(C3CCCCC3)ccc2s1. The molecule has 1 heterocycles. The maximum Gasteiger partial charge on any atom is 0.224 e. The van der Waals surface area contributed by atoms with Crippen molar-refractivity contribution in [3.63, 3.8) is 0 Å². The summed E-state index contributed by atoms with van der Waals surface area (Å²) < 4.78 is 25.7. The molecule has 0 unspecified atom stereocenters. The van der Waals surface area contributed by atoms with Gasteiger partial charge in [0.15, 0.2) is 5.13 Å². The molecule has 2 fully saturated rings. The van der Waals surface area contributed by atoms with Crippen molar-refractivity contribution in [3.05, 3.63) is 23.3 Å². The third kappa shape index (κ3) is 3.70. The number of aromatic nitrogens is 1. The summed E-state index contributed by atoms with van der Waals surface area (Å²) >= 11 is 1.45. The van der Waals surface area contributed by atoms with Gasteiger partial charge in [-0.05, 0) is 54.7 Å². The molecule has 25 heavy (non-hydrogen) atoms. The lowest BCUT2D eigenvalue weighted by Crippen LogP contribution is -2.13. The van der Waals surface area contributed by atoms with Gasteiger partial charge < -0.3 is 0 Å². The van der Waals surface area contributed by atoms with Gasteiger partial charge in [0, 0.05) is 0 Å². The van der Waals surface area contributed by atoms with Crippen LogP contribution >= 0.6 is 11.3 Å². The Morgan fingerprint density at radius 2 is 1.56 bits per heavy atom. The van der Waals surface area contributed by atoms with E-state index in [9.17, 15) is 8.42 Å². The molecule has 0 amide bonds. The summed E-state index contributed by atoms with van der Waals surface area (Å²) in [5, 5.41) is 0.504. The van der Waals surface area contributed by atoms with Crippen molar-refractivity contribution in [2.24, 2.45) is 0 Å². The van der Waals surface area contributed by atoms with Crippen LogP contribution < -0.4 is 4.72 Å². The van der Waals surface area contributed by atoms with Crippen LogP contribution in [0.15, 0.2) is 12.1 Å². The van der Waals surface area contributed by atoms with Gasteiger partial charge in [-0.3, -0.25) is 4.72 Å². The Hall–Kier alpha value is -1.14. The summed E-state index contributed by atoms with van der Waals surface area (Å²) in [5.41, 5.74) is 4.00. The molecule has 0 aliphatic heterocycles. The molecule has 2 saturated carbocycles. The number of rotatable bonds is 4. The lowest BCUT2D eigenvalue weighted by Gasteiger charge is -2.29. The van der Waals surface area contributed by atoms with Crippen molar-refractivity contribution in [1.82, 2.24) is 4.98 Å². The Bertz CT molecular complexity index is 808. The fraction of sp³-hybridized carbons (Fsp3) is 0.632. The van der Waals surface area contributed by atoms with E-state index in [1.807, 2.05) is 0 Å². The van der Waals surface area contributed by atoms with Crippen LogP contribution in [-0.2, 0) is 10.9 Å². The lowest BCUT2D eigenvalue weighted by molar-refractivity contribution is 0.420. The largest absolute Gasteiger partial charge is 0.261 e. The second-order valence-electron chi connectivity index (χ2n) is 7.47. The fourth-order valence-corrected chi connectivity index (χ4v) is 6.09. The lowest BCUT2D eigenvalue weighted by atomic mass is 9.75. The summed E-state index contributed by atoms with van der Waals surface area (Å²) in [6.07, 6.45) is 13.0. The first-order valence-electron chi connectivity index (χ1n) is 9.57. The molecular weight excluding hydrogens is 352 g/mol. The highest BCUT2D eigenvalue weighted by atomic mass is 32.2. The van der Waals surface area contributed by atoms with Crippen LogP contribution in [0.4, 0.5) is 5.13 Å². The molecule has 0 spiro atoms. The molecule has 2 aromatic rings. The number of anilines is 1. The first-order chi connectivity index (χ1) is 12.2. The van der Waals surface area contributed by atoms with E-state index < -0.39 is 10.9 Å².